The number of hydrogen-bond donors (Lipinski definition) is 1. The minimum absolute atomic E-state index is 0.262. The third-order valence-corrected chi connectivity index (χ3v) is 3.37. The van der Waals surface area contributed by atoms with E-state index in [1.165, 1.54) is 6.33 Å². The standard InChI is InChI=1S/C13H22N6O2/c1-4-21-13(20)19-7-5-18(6-8-19)12-10(14)11(17(2)3)15-9-16-12/h9H,4-8,14H2,1-3H3. The fourth-order valence-electron chi connectivity index (χ4n) is 2.30. The van der Waals surface area contributed by atoms with E-state index in [2.05, 4.69) is 14.9 Å². The summed E-state index contributed by atoms with van der Waals surface area (Å²) in [6.07, 6.45) is 1.25. The second-order valence-corrected chi connectivity index (χ2v) is 5.00. The van der Waals surface area contributed by atoms with E-state index >= 15 is 0 Å². The summed E-state index contributed by atoms with van der Waals surface area (Å²) < 4.78 is 5.01. The van der Waals surface area contributed by atoms with Crippen molar-refractivity contribution in [2.24, 2.45) is 0 Å². The van der Waals surface area contributed by atoms with Gasteiger partial charge in [-0.2, -0.15) is 0 Å². The van der Waals surface area contributed by atoms with E-state index in [4.69, 9.17) is 10.5 Å². The zero-order valence-electron chi connectivity index (χ0n) is 12.7. The monoisotopic (exact) mass is 294 g/mol. The van der Waals surface area contributed by atoms with Gasteiger partial charge in [-0.3, -0.25) is 0 Å². The SMILES string of the molecule is CCOC(=O)N1CCN(c2ncnc(N(C)C)c2N)CC1. The van der Waals surface area contributed by atoms with Gasteiger partial charge in [0.15, 0.2) is 11.6 Å². The number of carbonyl (C=O) groups excluding carboxylic acids is 1. The molecule has 1 saturated heterocycles. The molecule has 21 heavy (non-hydrogen) atoms. The summed E-state index contributed by atoms with van der Waals surface area (Å²) in [5.74, 6) is 1.42. The Labute approximate surface area is 124 Å². The second kappa shape index (κ2) is 6.47. The van der Waals surface area contributed by atoms with Crippen molar-refractivity contribution >= 4 is 23.4 Å². The van der Waals surface area contributed by atoms with Gasteiger partial charge in [-0.05, 0) is 6.92 Å². The molecule has 0 saturated carbocycles. The molecule has 2 heterocycles. The molecule has 1 aromatic heterocycles. The highest BCUT2D eigenvalue weighted by atomic mass is 16.6. The van der Waals surface area contributed by atoms with Gasteiger partial charge in [-0.15, -0.1) is 0 Å². The molecule has 0 atom stereocenters. The minimum atomic E-state index is -0.262. The number of anilines is 3. The van der Waals surface area contributed by atoms with E-state index in [-0.39, 0.29) is 6.09 Å². The number of carbonyl (C=O) groups is 1. The Morgan fingerprint density at radius 2 is 2.00 bits per heavy atom. The van der Waals surface area contributed by atoms with Crippen molar-refractivity contribution in [3.63, 3.8) is 0 Å². The van der Waals surface area contributed by atoms with Crippen molar-refractivity contribution in [3.05, 3.63) is 6.33 Å². The van der Waals surface area contributed by atoms with Crippen LogP contribution in [-0.2, 0) is 4.74 Å². The molecular formula is C13H22N6O2. The largest absolute Gasteiger partial charge is 0.450 e. The third kappa shape index (κ3) is 3.26. The lowest BCUT2D eigenvalue weighted by atomic mass is 10.3. The summed E-state index contributed by atoms with van der Waals surface area (Å²) in [6.45, 7) is 4.74. The van der Waals surface area contributed by atoms with Crippen LogP contribution >= 0.6 is 0 Å². The van der Waals surface area contributed by atoms with Crippen molar-refractivity contribution in [3.8, 4) is 0 Å². The molecule has 0 radical (unpaired) electrons. The van der Waals surface area contributed by atoms with Crippen LogP contribution in [0.3, 0.4) is 0 Å². The fourth-order valence-corrected chi connectivity index (χ4v) is 2.30. The van der Waals surface area contributed by atoms with Crippen molar-refractivity contribution in [2.75, 3.05) is 62.4 Å². The van der Waals surface area contributed by atoms with E-state index in [1.54, 1.807) is 11.8 Å². The zero-order valence-corrected chi connectivity index (χ0v) is 12.7. The van der Waals surface area contributed by atoms with Gasteiger partial charge < -0.3 is 25.2 Å². The number of hydrogen-bond acceptors (Lipinski definition) is 7. The number of nitrogens with two attached hydrogens (primary N) is 1. The average Bonchev–Trinajstić information content (AvgIpc) is 2.47. The van der Waals surface area contributed by atoms with E-state index in [0.717, 1.165) is 5.82 Å². The van der Waals surface area contributed by atoms with Crippen molar-refractivity contribution < 1.29 is 9.53 Å². The lowest BCUT2D eigenvalue weighted by Gasteiger charge is -2.35. The Morgan fingerprint density at radius 3 is 2.57 bits per heavy atom. The number of nitrogens with zero attached hydrogens (tertiary/aromatic N) is 5. The molecule has 2 N–H and O–H groups in total. The number of aromatic nitrogens is 2. The maximum absolute atomic E-state index is 11.7. The van der Waals surface area contributed by atoms with Gasteiger partial charge in [0, 0.05) is 40.3 Å². The fraction of sp³-hybridized carbons (Fsp3) is 0.615. The Kier molecular flexibility index (Phi) is 4.66. The molecule has 116 valence electrons. The molecule has 1 aliphatic heterocycles. The van der Waals surface area contributed by atoms with Crippen molar-refractivity contribution in [1.29, 1.82) is 0 Å². The first-order chi connectivity index (χ1) is 10.0. The molecule has 0 bridgehead atoms. The predicted octanol–water partition coefficient (Wildman–Crippen LogP) is 0.403. The average molecular weight is 294 g/mol. The third-order valence-electron chi connectivity index (χ3n) is 3.37. The maximum atomic E-state index is 11.7. The Morgan fingerprint density at radius 1 is 1.33 bits per heavy atom. The van der Waals surface area contributed by atoms with Crippen LogP contribution in [0.5, 0.6) is 0 Å². The number of rotatable bonds is 3. The molecule has 8 heteroatoms. The lowest BCUT2D eigenvalue weighted by Crippen LogP contribution is -2.49. The zero-order chi connectivity index (χ0) is 15.4. The van der Waals surface area contributed by atoms with Gasteiger partial charge in [0.2, 0.25) is 0 Å². The smallest absolute Gasteiger partial charge is 0.409 e. The molecule has 0 unspecified atom stereocenters. The van der Waals surface area contributed by atoms with Gasteiger partial charge in [0.05, 0.1) is 6.61 Å². The Bertz CT molecular complexity index is 499. The first kappa shape index (κ1) is 15.1. The summed E-state index contributed by atoms with van der Waals surface area (Å²) in [4.78, 5) is 25.8. The number of amides is 1. The topological polar surface area (TPSA) is 87.8 Å². The highest BCUT2D eigenvalue weighted by molar-refractivity contribution is 5.75. The van der Waals surface area contributed by atoms with E-state index < -0.39 is 0 Å². The Hall–Kier alpha value is -2.25. The number of ether oxygens (including phenoxy) is 1. The van der Waals surface area contributed by atoms with Gasteiger partial charge in [-0.1, -0.05) is 0 Å². The van der Waals surface area contributed by atoms with Gasteiger partial charge in [-0.25, -0.2) is 14.8 Å². The van der Waals surface area contributed by atoms with E-state index in [1.807, 2.05) is 19.0 Å². The van der Waals surface area contributed by atoms with Crippen LogP contribution in [0.1, 0.15) is 6.92 Å². The van der Waals surface area contributed by atoms with Crippen LogP contribution in [0, 0.1) is 0 Å². The first-order valence-corrected chi connectivity index (χ1v) is 6.99. The summed E-state index contributed by atoms with van der Waals surface area (Å²) in [7, 11) is 3.78. The molecule has 8 nitrogen and oxygen atoms in total. The first-order valence-electron chi connectivity index (χ1n) is 6.99. The van der Waals surface area contributed by atoms with Crippen LogP contribution in [0.15, 0.2) is 6.33 Å². The van der Waals surface area contributed by atoms with Crippen molar-refractivity contribution in [2.45, 2.75) is 6.92 Å². The van der Waals surface area contributed by atoms with Crippen LogP contribution in [0.4, 0.5) is 22.1 Å². The quantitative estimate of drug-likeness (QED) is 0.863. The molecule has 0 aliphatic carbocycles. The summed E-state index contributed by atoms with van der Waals surface area (Å²) in [5, 5.41) is 0. The minimum Gasteiger partial charge on any atom is -0.450 e. The van der Waals surface area contributed by atoms with E-state index in [0.29, 0.717) is 44.3 Å². The molecule has 0 aromatic carbocycles. The second-order valence-electron chi connectivity index (χ2n) is 5.00. The van der Waals surface area contributed by atoms with Gasteiger partial charge in [0.25, 0.3) is 0 Å². The van der Waals surface area contributed by atoms with E-state index in [9.17, 15) is 4.79 Å². The summed E-state index contributed by atoms with van der Waals surface area (Å²) >= 11 is 0. The Balaban J connectivity index is 2.06. The summed E-state index contributed by atoms with van der Waals surface area (Å²) in [6, 6.07) is 0. The van der Waals surface area contributed by atoms with Crippen molar-refractivity contribution in [1.82, 2.24) is 14.9 Å². The van der Waals surface area contributed by atoms with Gasteiger partial charge >= 0.3 is 6.09 Å². The highest BCUT2D eigenvalue weighted by Crippen LogP contribution is 2.28. The highest BCUT2D eigenvalue weighted by Gasteiger charge is 2.24. The van der Waals surface area contributed by atoms with Gasteiger partial charge in [0.1, 0.15) is 12.0 Å². The normalized spacial score (nSPS) is 15.0. The maximum Gasteiger partial charge on any atom is 0.409 e. The predicted molar refractivity (Wildman–Crippen MR) is 81.6 cm³/mol. The molecule has 2 rings (SSSR count). The lowest BCUT2D eigenvalue weighted by molar-refractivity contribution is 0.105. The van der Waals surface area contributed by atoms with Crippen LogP contribution < -0.4 is 15.5 Å². The summed E-state index contributed by atoms with van der Waals surface area (Å²) in [5.41, 5.74) is 6.71. The molecule has 1 amide bonds. The van der Waals surface area contributed by atoms with Crippen LogP contribution in [0.2, 0.25) is 0 Å². The molecule has 1 aromatic rings. The molecule has 1 aliphatic rings. The molecular weight excluding hydrogens is 272 g/mol. The van der Waals surface area contributed by atoms with Crippen LogP contribution in [-0.4, -0.2) is 67.8 Å². The molecule has 1 fully saturated rings. The van der Waals surface area contributed by atoms with Crippen LogP contribution in [0.25, 0.3) is 0 Å². The number of nitrogen functional groups attached to an aromatic ring is 1. The number of piperazine rings is 1. The molecule has 0 spiro atoms.